The topological polar surface area (TPSA) is 12.0 Å². The molecular weight excluding hydrogens is 362 g/mol. The highest BCUT2D eigenvalue weighted by atomic mass is 15.0. The van der Waals surface area contributed by atoms with Gasteiger partial charge in [-0.2, -0.15) is 0 Å². The standard InChI is InChI=1S/C29H29N/c1-22(26-19-10-15-23-12-8-9-18-27(23)26)30-29(25-16-6-3-7-17-25)21-11-20-28(29)24-13-4-2-5-14-24/h2-10,12-19,22,28,30H,11,20-21H2,1H3/t22-,28?,29?/m1/s1. The van der Waals surface area contributed by atoms with Gasteiger partial charge in [0.05, 0.1) is 5.54 Å². The van der Waals surface area contributed by atoms with Crippen molar-refractivity contribution in [2.45, 2.75) is 43.7 Å². The van der Waals surface area contributed by atoms with Crippen molar-refractivity contribution in [3.63, 3.8) is 0 Å². The molecular formula is C29H29N. The molecule has 5 rings (SSSR count). The highest BCUT2D eigenvalue weighted by Gasteiger charge is 2.45. The van der Waals surface area contributed by atoms with Crippen LogP contribution in [0.5, 0.6) is 0 Å². The molecule has 0 amide bonds. The Bertz CT molecular complexity index is 1110. The summed E-state index contributed by atoms with van der Waals surface area (Å²) in [6, 6.07) is 37.9. The molecule has 4 aromatic carbocycles. The van der Waals surface area contributed by atoms with E-state index in [9.17, 15) is 0 Å². The van der Waals surface area contributed by atoms with Gasteiger partial charge in [-0.05, 0) is 47.2 Å². The van der Waals surface area contributed by atoms with Crippen LogP contribution in [-0.2, 0) is 5.54 Å². The van der Waals surface area contributed by atoms with E-state index in [0.29, 0.717) is 5.92 Å². The van der Waals surface area contributed by atoms with Crippen LogP contribution in [0.1, 0.15) is 54.8 Å². The second-order valence-corrected chi connectivity index (χ2v) is 8.63. The van der Waals surface area contributed by atoms with E-state index in [0.717, 1.165) is 6.42 Å². The second-order valence-electron chi connectivity index (χ2n) is 8.63. The molecule has 3 atom stereocenters. The molecule has 1 saturated carbocycles. The Kier molecular flexibility index (Phi) is 5.14. The first-order valence-corrected chi connectivity index (χ1v) is 11.1. The van der Waals surface area contributed by atoms with E-state index < -0.39 is 0 Å². The van der Waals surface area contributed by atoms with Crippen LogP contribution in [0.2, 0.25) is 0 Å². The number of hydrogen-bond donors (Lipinski definition) is 1. The molecule has 1 fully saturated rings. The van der Waals surface area contributed by atoms with Gasteiger partial charge in [-0.15, -0.1) is 0 Å². The van der Waals surface area contributed by atoms with E-state index in [4.69, 9.17) is 0 Å². The van der Waals surface area contributed by atoms with Gasteiger partial charge in [0.2, 0.25) is 0 Å². The van der Waals surface area contributed by atoms with Gasteiger partial charge in [0.1, 0.15) is 0 Å². The van der Waals surface area contributed by atoms with Crippen LogP contribution < -0.4 is 5.32 Å². The van der Waals surface area contributed by atoms with Crippen molar-refractivity contribution >= 4 is 10.8 Å². The van der Waals surface area contributed by atoms with Crippen molar-refractivity contribution in [3.8, 4) is 0 Å². The molecule has 30 heavy (non-hydrogen) atoms. The maximum Gasteiger partial charge on any atom is 0.0508 e. The zero-order chi connectivity index (χ0) is 20.4. The molecule has 0 spiro atoms. The van der Waals surface area contributed by atoms with Gasteiger partial charge in [-0.3, -0.25) is 0 Å². The van der Waals surface area contributed by atoms with Gasteiger partial charge in [-0.1, -0.05) is 110 Å². The first-order chi connectivity index (χ1) is 14.8. The quantitative estimate of drug-likeness (QED) is 0.375. The van der Waals surface area contributed by atoms with Crippen LogP contribution in [0.15, 0.2) is 103 Å². The fourth-order valence-electron chi connectivity index (χ4n) is 5.57. The van der Waals surface area contributed by atoms with Gasteiger partial charge >= 0.3 is 0 Å². The smallest absolute Gasteiger partial charge is 0.0508 e. The summed E-state index contributed by atoms with van der Waals surface area (Å²) in [7, 11) is 0. The van der Waals surface area contributed by atoms with E-state index in [2.05, 4.69) is 115 Å². The third-order valence-electron chi connectivity index (χ3n) is 6.91. The molecule has 0 heterocycles. The minimum Gasteiger partial charge on any atom is -0.300 e. The summed E-state index contributed by atoms with van der Waals surface area (Å²) < 4.78 is 0. The summed E-state index contributed by atoms with van der Waals surface area (Å²) in [6.45, 7) is 2.33. The van der Waals surface area contributed by atoms with Crippen LogP contribution >= 0.6 is 0 Å². The Balaban J connectivity index is 1.59. The normalized spacial score (nSPS) is 22.2. The third-order valence-corrected chi connectivity index (χ3v) is 6.91. The maximum atomic E-state index is 4.17. The van der Waals surface area contributed by atoms with Crippen molar-refractivity contribution in [2.24, 2.45) is 0 Å². The molecule has 1 aliphatic carbocycles. The molecule has 1 aliphatic rings. The average Bonchev–Trinajstić information content (AvgIpc) is 3.24. The maximum absolute atomic E-state index is 4.17. The molecule has 0 aromatic heterocycles. The predicted octanol–water partition coefficient (Wildman–Crippen LogP) is 7.35. The SMILES string of the molecule is C[C@@H](NC1(c2ccccc2)CCCC1c1ccccc1)c1cccc2ccccc12. The largest absolute Gasteiger partial charge is 0.300 e. The number of benzene rings is 4. The lowest BCUT2D eigenvalue weighted by Gasteiger charge is -2.40. The van der Waals surface area contributed by atoms with Crippen molar-refractivity contribution in [1.29, 1.82) is 0 Å². The van der Waals surface area contributed by atoms with Crippen LogP contribution in [0.3, 0.4) is 0 Å². The predicted molar refractivity (Wildman–Crippen MR) is 127 cm³/mol. The fourth-order valence-corrected chi connectivity index (χ4v) is 5.57. The zero-order valence-corrected chi connectivity index (χ0v) is 17.6. The lowest BCUT2D eigenvalue weighted by molar-refractivity contribution is 0.274. The first-order valence-electron chi connectivity index (χ1n) is 11.1. The monoisotopic (exact) mass is 391 g/mol. The van der Waals surface area contributed by atoms with Gasteiger partial charge < -0.3 is 5.32 Å². The Morgan fingerprint density at radius 3 is 2.23 bits per heavy atom. The van der Waals surface area contributed by atoms with Crippen LogP contribution in [0.4, 0.5) is 0 Å². The summed E-state index contributed by atoms with van der Waals surface area (Å²) in [5, 5.41) is 6.82. The molecule has 1 nitrogen and oxygen atoms in total. The Hall–Kier alpha value is -2.90. The zero-order valence-electron chi connectivity index (χ0n) is 17.6. The minimum atomic E-state index is -0.0566. The van der Waals surface area contributed by atoms with Gasteiger partial charge in [0, 0.05) is 12.0 Å². The number of rotatable bonds is 5. The lowest BCUT2D eigenvalue weighted by Crippen LogP contribution is -2.45. The van der Waals surface area contributed by atoms with Crippen molar-refractivity contribution in [2.75, 3.05) is 0 Å². The van der Waals surface area contributed by atoms with Crippen LogP contribution in [0, 0.1) is 0 Å². The van der Waals surface area contributed by atoms with Gasteiger partial charge in [0.15, 0.2) is 0 Å². The van der Waals surface area contributed by atoms with Crippen molar-refractivity contribution in [3.05, 3.63) is 120 Å². The number of fused-ring (bicyclic) bond motifs is 1. The van der Waals surface area contributed by atoms with E-state index in [-0.39, 0.29) is 11.6 Å². The summed E-state index contributed by atoms with van der Waals surface area (Å²) >= 11 is 0. The van der Waals surface area contributed by atoms with E-state index in [1.807, 2.05) is 0 Å². The minimum absolute atomic E-state index is 0.0566. The van der Waals surface area contributed by atoms with Crippen LogP contribution in [0.25, 0.3) is 10.8 Å². The number of hydrogen-bond acceptors (Lipinski definition) is 1. The van der Waals surface area contributed by atoms with E-state index in [1.54, 1.807) is 0 Å². The highest BCUT2D eigenvalue weighted by Crippen LogP contribution is 2.50. The molecule has 4 aromatic rings. The van der Waals surface area contributed by atoms with Gasteiger partial charge in [0.25, 0.3) is 0 Å². The lowest BCUT2D eigenvalue weighted by atomic mass is 9.76. The third kappa shape index (κ3) is 3.34. The summed E-state index contributed by atoms with van der Waals surface area (Å²) in [4.78, 5) is 0. The van der Waals surface area contributed by atoms with E-state index >= 15 is 0 Å². The Labute approximate surface area is 179 Å². The summed E-state index contributed by atoms with van der Waals surface area (Å²) in [5.41, 5.74) is 4.17. The van der Waals surface area contributed by atoms with Gasteiger partial charge in [-0.25, -0.2) is 0 Å². The van der Waals surface area contributed by atoms with Crippen LogP contribution in [-0.4, -0.2) is 0 Å². The summed E-state index contributed by atoms with van der Waals surface area (Å²) in [6.07, 6.45) is 3.61. The Morgan fingerprint density at radius 2 is 1.43 bits per heavy atom. The molecule has 0 aliphatic heterocycles. The fraction of sp³-hybridized carbons (Fsp3) is 0.241. The first kappa shape index (κ1) is 19.1. The van der Waals surface area contributed by atoms with Crippen molar-refractivity contribution in [1.82, 2.24) is 5.32 Å². The molecule has 1 heteroatoms. The molecule has 0 saturated heterocycles. The molecule has 0 radical (unpaired) electrons. The molecule has 1 N–H and O–H groups in total. The summed E-state index contributed by atoms with van der Waals surface area (Å²) in [5.74, 6) is 0.471. The average molecular weight is 392 g/mol. The molecule has 0 bridgehead atoms. The molecule has 2 unspecified atom stereocenters. The second kappa shape index (κ2) is 8.08. The van der Waals surface area contributed by atoms with E-state index in [1.165, 1.54) is 40.3 Å². The Morgan fingerprint density at radius 1 is 0.767 bits per heavy atom. The molecule has 150 valence electrons. The highest BCUT2D eigenvalue weighted by molar-refractivity contribution is 5.86. The van der Waals surface area contributed by atoms with Crippen molar-refractivity contribution < 1.29 is 0 Å². The number of nitrogens with one attached hydrogen (secondary N) is 1.